The highest BCUT2D eigenvalue weighted by molar-refractivity contribution is 5.94. The molecule has 0 saturated heterocycles. The summed E-state index contributed by atoms with van der Waals surface area (Å²) < 4.78 is 5.13. The third kappa shape index (κ3) is 1.56. The molecule has 3 rings (SSSR count). The van der Waals surface area contributed by atoms with Gasteiger partial charge in [0.05, 0.1) is 0 Å². The topological polar surface area (TPSA) is 55.1 Å². The van der Waals surface area contributed by atoms with Crippen molar-refractivity contribution in [1.82, 2.24) is 4.98 Å². The van der Waals surface area contributed by atoms with Gasteiger partial charge in [0.1, 0.15) is 5.52 Å². The molecule has 1 aromatic carbocycles. The van der Waals surface area contributed by atoms with Crippen LogP contribution in [0.1, 0.15) is 19.3 Å². The molecule has 1 N–H and O–H groups in total. The lowest BCUT2D eigenvalue weighted by atomic mass is 9.85. The molecule has 0 atom stereocenters. The number of fused-ring (bicyclic) bond motifs is 1. The molecular weight excluding hydrogens is 204 g/mol. The molecule has 0 spiro atoms. The summed E-state index contributed by atoms with van der Waals surface area (Å²) in [5, 5.41) is 2.91. The SMILES string of the molecule is O=C(Nc1ccc2ocnc2c1)C1CCC1. The number of carbonyl (C=O) groups is 1. The second-order valence-electron chi connectivity index (χ2n) is 4.15. The van der Waals surface area contributed by atoms with Crippen LogP contribution in [0.3, 0.4) is 0 Å². The van der Waals surface area contributed by atoms with E-state index < -0.39 is 0 Å². The first-order chi connectivity index (χ1) is 7.83. The highest BCUT2D eigenvalue weighted by atomic mass is 16.3. The Morgan fingerprint density at radius 1 is 1.44 bits per heavy atom. The number of aromatic nitrogens is 1. The first-order valence-corrected chi connectivity index (χ1v) is 5.47. The van der Waals surface area contributed by atoms with E-state index in [9.17, 15) is 4.79 Å². The van der Waals surface area contributed by atoms with Crippen molar-refractivity contribution in [3.05, 3.63) is 24.6 Å². The van der Waals surface area contributed by atoms with Gasteiger partial charge in [-0.15, -0.1) is 0 Å². The van der Waals surface area contributed by atoms with Crippen LogP contribution < -0.4 is 5.32 Å². The number of oxazole rings is 1. The molecule has 0 aliphatic heterocycles. The van der Waals surface area contributed by atoms with Gasteiger partial charge in [-0.05, 0) is 31.0 Å². The van der Waals surface area contributed by atoms with Crippen LogP contribution in [0.4, 0.5) is 5.69 Å². The third-order valence-corrected chi connectivity index (χ3v) is 3.07. The quantitative estimate of drug-likeness (QED) is 0.839. The molecule has 1 amide bonds. The lowest BCUT2D eigenvalue weighted by molar-refractivity contribution is -0.122. The van der Waals surface area contributed by atoms with Gasteiger partial charge in [0.2, 0.25) is 5.91 Å². The number of hydrogen-bond donors (Lipinski definition) is 1. The number of carbonyl (C=O) groups excluding carboxylic acids is 1. The van der Waals surface area contributed by atoms with E-state index in [1.165, 1.54) is 12.8 Å². The molecule has 1 heterocycles. The smallest absolute Gasteiger partial charge is 0.227 e. The average Bonchev–Trinajstić information content (AvgIpc) is 2.61. The Balaban J connectivity index is 1.80. The van der Waals surface area contributed by atoms with Gasteiger partial charge in [0.15, 0.2) is 12.0 Å². The van der Waals surface area contributed by atoms with Crippen LogP contribution in [-0.2, 0) is 4.79 Å². The molecule has 2 aromatic rings. The van der Waals surface area contributed by atoms with Crippen molar-refractivity contribution in [1.29, 1.82) is 0 Å². The van der Waals surface area contributed by atoms with E-state index in [4.69, 9.17) is 4.42 Å². The van der Waals surface area contributed by atoms with Gasteiger partial charge in [-0.2, -0.15) is 0 Å². The molecule has 0 radical (unpaired) electrons. The van der Waals surface area contributed by atoms with Crippen molar-refractivity contribution in [2.45, 2.75) is 19.3 Å². The molecular formula is C12H12N2O2. The van der Waals surface area contributed by atoms with Crippen molar-refractivity contribution < 1.29 is 9.21 Å². The van der Waals surface area contributed by atoms with Gasteiger partial charge in [-0.25, -0.2) is 4.98 Å². The molecule has 0 unspecified atom stereocenters. The van der Waals surface area contributed by atoms with Crippen molar-refractivity contribution in [3.63, 3.8) is 0 Å². The summed E-state index contributed by atoms with van der Waals surface area (Å²) in [6, 6.07) is 5.48. The van der Waals surface area contributed by atoms with Crippen LogP contribution in [0, 0.1) is 5.92 Å². The van der Waals surface area contributed by atoms with Crippen LogP contribution in [0.15, 0.2) is 29.0 Å². The second-order valence-corrected chi connectivity index (χ2v) is 4.15. The fourth-order valence-electron chi connectivity index (χ4n) is 1.85. The van der Waals surface area contributed by atoms with Gasteiger partial charge in [-0.1, -0.05) is 6.42 Å². The fourth-order valence-corrected chi connectivity index (χ4v) is 1.85. The predicted octanol–water partition coefficient (Wildman–Crippen LogP) is 2.57. The Labute approximate surface area is 92.7 Å². The first-order valence-electron chi connectivity index (χ1n) is 5.47. The van der Waals surface area contributed by atoms with E-state index in [0.717, 1.165) is 29.6 Å². The average molecular weight is 216 g/mol. The number of rotatable bonds is 2. The van der Waals surface area contributed by atoms with Crippen LogP contribution in [0.2, 0.25) is 0 Å². The van der Waals surface area contributed by atoms with Crippen LogP contribution in [-0.4, -0.2) is 10.9 Å². The molecule has 82 valence electrons. The number of benzene rings is 1. The summed E-state index contributed by atoms with van der Waals surface area (Å²) in [6.07, 6.45) is 4.60. The van der Waals surface area contributed by atoms with Crippen molar-refractivity contribution >= 4 is 22.7 Å². The van der Waals surface area contributed by atoms with E-state index in [1.807, 2.05) is 18.2 Å². The van der Waals surface area contributed by atoms with Gasteiger partial charge in [0, 0.05) is 11.6 Å². The summed E-state index contributed by atoms with van der Waals surface area (Å²) in [5.74, 6) is 0.321. The van der Waals surface area contributed by atoms with E-state index >= 15 is 0 Å². The second kappa shape index (κ2) is 3.63. The molecule has 1 aliphatic carbocycles. The van der Waals surface area contributed by atoms with Crippen molar-refractivity contribution in [2.75, 3.05) is 5.32 Å². The predicted molar refractivity (Wildman–Crippen MR) is 60.0 cm³/mol. The summed E-state index contributed by atoms with van der Waals surface area (Å²) in [5.41, 5.74) is 2.30. The summed E-state index contributed by atoms with van der Waals surface area (Å²) in [7, 11) is 0. The Hall–Kier alpha value is -1.84. The lowest BCUT2D eigenvalue weighted by Crippen LogP contribution is -2.27. The van der Waals surface area contributed by atoms with Crippen molar-refractivity contribution in [3.8, 4) is 0 Å². The minimum Gasteiger partial charge on any atom is -0.443 e. The maximum atomic E-state index is 11.7. The van der Waals surface area contributed by atoms with Crippen LogP contribution in [0.5, 0.6) is 0 Å². The van der Waals surface area contributed by atoms with E-state index in [2.05, 4.69) is 10.3 Å². The molecule has 1 aliphatic rings. The summed E-state index contributed by atoms with van der Waals surface area (Å²) in [6.45, 7) is 0. The van der Waals surface area contributed by atoms with Gasteiger partial charge in [-0.3, -0.25) is 4.79 Å². The zero-order valence-corrected chi connectivity index (χ0v) is 8.77. The van der Waals surface area contributed by atoms with Gasteiger partial charge in [0.25, 0.3) is 0 Å². The normalized spacial score (nSPS) is 16.0. The molecule has 1 fully saturated rings. The maximum Gasteiger partial charge on any atom is 0.227 e. The third-order valence-electron chi connectivity index (χ3n) is 3.07. The molecule has 1 aromatic heterocycles. The number of nitrogens with one attached hydrogen (secondary N) is 1. The largest absolute Gasteiger partial charge is 0.443 e. The molecule has 4 nitrogen and oxygen atoms in total. The highest BCUT2D eigenvalue weighted by Crippen LogP contribution is 2.28. The first kappa shape index (κ1) is 9.39. The Morgan fingerprint density at radius 2 is 2.31 bits per heavy atom. The number of amides is 1. The standard InChI is InChI=1S/C12H12N2O2/c15-12(8-2-1-3-8)14-9-4-5-11-10(6-9)13-7-16-11/h4-8H,1-3H2,(H,14,15). The molecule has 16 heavy (non-hydrogen) atoms. The van der Waals surface area contributed by atoms with E-state index in [-0.39, 0.29) is 11.8 Å². The zero-order chi connectivity index (χ0) is 11.0. The van der Waals surface area contributed by atoms with E-state index in [0.29, 0.717) is 0 Å². The zero-order valence-electron chi connectivity index (χ0n) is 8.77. The Kier molecular flexibility index (Phi) is 2.13. The van der Waals surface area contributed by atoms with Crippen LogP contribution in [0.25, 0.3) is 11.1 Å². The van der Waals surface area contributed by atoms with Gasteiger partial charge >= 0.3 is 0 Å². The summed E-state index contributed by atoms with van der Waals surface area (Å²) in [4.78, 5) is 15.8. The Morgan fingerprint density at radius 3 is 3.06 bits per heavy atom. The lowest BCUT2D eigenvalue weighted by Gasteiger charge is -2.23. The van der Waals surface area contributed by atoms with E-state index in [1.54, 1.807) is 0 Å². The number of hydrogen-bond acceptors (Lipinski definition) is 3. The molecule has 1 saturated carbocycles. The minimum absolute atomic E-state index is 0.120. The highest BCUT2D eigenvalue weighted by Gasteiger charge is 2.25. The Bertz CT molecular complexity index is 529. The number of nitrogens with zero attached hydrogens (tertiary/aromatic N) is 1. The minimum atomic E-state index is 0.120. The van der Waals surface area contributed by atoms with Crippen molar-refractivity contribution in [2.24, 2.45) is 5.92 Å². The summed E-state index contributed by atoms with van der Waals surface area (Å²) >= 11 is 0. The fraction of sp³-hybridized carbons (Fsp3) is 0.333. The van der Waals surface area contributed by atoms with Crippen LogP contribution >= 0.6 is 0 Å². The maximum absolute atomic E-state index is 11.7. The van der Waals surface area contributed by atoms with Gasteiger partial charge < -0.3 is 9.73 Å². The monoisotopic (exact) mass is 216 g/mol. The number of anilines is 1. The molecule has 4 heteroatoms. The molecule has 0 bridgehead atoms.